The Bertz CT molecular complexity index is 588. The lowest BCUT2D eigenvalue weighted by atomic mass is 10.1. The van der Waals surface area contributed by atoms with Crippen molar-refractivity contribution in [1.29, 1.82) is 0 Å². The molecule has 5 nitrogen and oxygen atoms in total. The summed E-state index contributed by atoms with van der Waals surface area (Å²) < 4.78 is 22.1. The second-order valence-corrected chi connectivity index (χ2v) is 7.70. The van der Waals surface area contributed by atoms with Gasteiger partial charge >= 0.3 is 0 Å². The SMILES string of the molecule is Cc1ccnc(CN2CC(CS(=O)(=O)Cl)CC2=O)c1. The topological polar surface area (TPSA) is 67.3 Å². The first-order chi connectivity index (χ1) is 8.83. The molecule has 19 heavy (non-hydrogen) atoms. The molecule has 0 N–H and O–H groups in total. The van der Waals surface area contributed by atoms with Crippen LogP contribution in [-0.4, -0.2) is 36.5 Å². The number of aromatic nitrogens is 1. The van der Waals surface area contributed by atoms with Gasteiger partial charge < -0.3 is 4.90 Å². The Labute approximate surface area is 117 Å². The lowest BCUT2D eigenvalue weighted by molar-refractivity contribution is -0.128. The molecule has 2 rings (SSSR count). The Hall–Kier alpha value is -1.14. The molecule has 1 amide bonds. The molecule has 7 heteroatoms. The van der Waals surface area contributed by atoms with E-state index in [1.807, 2.05) is 19.1 Å². The van der Waals surface area contributed by atoms with Crippen LogP contribution in [0, 0.1) is 12.8 Å². The maximum Gasteiger partial charge on any atom is 0.232 e. The van der Waals surface area contributed by atoms with E-state index in [2.05, 4.69) is 4.98 Å². The van der Waals surface area contributed by atoms with E-state index in [1.165, 1.54) is 0 Å². The zero-order valence-electron chi connectivity index (χ0n) is 10.5. The maximum absolute atomic E-state index is 11.8. The van der Waals surface area contributed by atoms with E-state index in [-0.39, 0.29) is 24.0 Å². The van der Waals surface area contributed by atoms with Gasteiger partial charge in [0, 0.05) is 35.8 Å². The molecule has 1 aliphatic heterocycles. The van der Waals surface area contributed by atoms with Crippen LogP contribution in [-0.2, 0) is 20.4 Å². The predicted molar refractivity (Wildman–Crippen MR) is 72.1 cm³/mol. The summed E-state index contributed by atoms with van der Waals surface area (Å²) in [4.78, 5) is 17.7. The first-order valence-electron chi connectivity index (χ1n) is 5.95. The van der Waals surface area contributed by atoms with Crippen LogP contribution in [0.1, 0.15) is 17.7 Å². The van der Waals surface area contributed by atoms with Crippen molar-refractivity contribution in [3.05, 3.63) is 29.6 Å². The molecule has 2 heterocycles. The Balaban J connectivity index is 2.01. The molecule has 104 valence electrons. The lowest BCUT2D eigenvalue weighted by Gasteiger charge is -2.16. The number of aryl methyl sites for hydroxylation is 1. The zero-order valence-corrected chi connectivity index (χ0v) is 12.1. The van der Waals surface area contributed by atoms with E-state index < -0.39 is 9.05 Å². The summed E-state index contributed by atoms with van der Waals surface area (Å²) in [6.07, 6.45) is 1.93. The van der Waals surface area contributed by atoms with E-state index in [9.17, 15) is 13.2 Å². The number of likely N-dealkylation sites (tertiary alicyclic amines) is 1. The number of nitrogens with zero attached hydrogens (tertiary/aromatic N) is 2. The van der Waals surface area contributed by atoms with Crippen LogP contribution in [0.25, 0.3) is 0 Å². The molecule has 1 atom stereocenters. The smallest absolute Gasteiger partial charge is 0.232 e. The molecule has 0 saturated carbocycles. The van der Waals surface area contributed by atoms with Crippen molar-refractivity contribution in [3.8, 4) is 0 Å². The number of rotatable bonds is 4. The summed E-state index contributed by atoms with van der Waals surface area (Å²) in [6.45, 7) is 2.79. The Morgan fingerprint density at radius 1 is 1.53 bits per heavy atom. The second-order valence-electron chi connectivity index (χ2n) is 4.87. The highest BCUT2D eigenvalue weighted by Gasteiger charge is 2.32. The van der Waals surface area contributed by atoms with Crippen molar-refractivity contribution < 1.29 is 13.2 Å². The molecule has 1 unspecified atom stereocenters. The van der Waals surface area contributed by atoms with Crippen molar-refractivity contribution in [2.75, 3.05) is 12.3 Å². The van der Waals surface area contributed by atoms with Gasteiger partial charge in [0.1, 0.15) is 0 Å². The number of hydrogen-bond acceptors (Lipinski definition) is 4. The van der Waals surface area contributed by atoms with Gasteiger partial charge in [-0.3, -0.25) is 9.78 Å². The van der Waals surface area contributed by atoms with Crippen LogP contribution in [0.5, 0.6) is 0 Å². The molecule has 1 fully saturated rings. The Morgan fingerprint density at radius 3 is 2.89 bits per heavy atom. The largest absolute Gasteiger partial charge is 0.336 e. The fourth-order valence-electron chi connectivity index (χ4n) is 2.28. The van der Waals surface area contributed by atoms with Crippen LogP contribution in [0.15, 0.2) is 18.3 Å². The van der Waals surface area contributed by atoms with Crippen LogP contribution in [0.2, 0.25) is 0 Å². The first-order valence-corrected chi connectivity index (χ1v) is 8.43. The third-order valence-electron chi connectivity index (χ3n) is 3.05. The van der Waals surface area contributed by atoms with Crippen LogP contribution in [0.3, 0.4) is 0 Å². The number of amides is 1. The van der Waals surface area contributed by atoms with Gasteiger partial charge in [0.2, 0.25) is 15.0 Å². The van der Waals surface area contributed by atoms with E-state index in [0.29, 0.717) is 13.1 Å². The van der Waals surface area contributed by atoms with Gasteiger partial charge in [0.15, 0.2) is 0 Å². The van der Waals surface area contributed by atoms with Crippen molar-refractivity contribution >= 4 is 25.6 Å². The van der Waals surface area contributed by atoms with Gasteiger partial charge in [0.05, 0.1) is 18.0 Å². The van der Waals surface area contributed by atoms with Crippen molar-refractivity contribution in [1.82, 2.24) is 9.88 Å². The highest BCUT2D eigenvalue weighted by Crippen LogP contribution is 2.22. The molecule has 1 aromatic rings. The number of hydrogen-bond donors (Lipinski definition) is 0. The minimum absolute atomic E-state index is 0.0476. The summed E-state index contributed by atoms with van der Waals surface area (Å²) >= 11 is 0. The summed E-state index contributed by atoms with van der Waals surface area (Å²) in [5, 5.41) is 0. The van der Waals surface area contributed by atoms with Crippen LogP contribution < -0.4 is 0 Å². The first kappa shape index (κ1) is 14.3. The third kappa shape index (κ3) is 4.18. The third-order valence-corrected chi connectivity index (χ3v) is 4.30. The monoisotopic (exact) mass is 302 g/mol. The van der Waals surface area contributed by atoms with Crippen molar-refractivity contribution in [3.63, 3.8) is 0 Å². The van der Waals surface area contributed by atoms with Gasteiger partial charge in [-0.1, -0.05) is 0 Å². The highest BCUT2D eigenvalue weighted by molar-refractivity contribution is 8.13. The molecular formula is C12H15ClN2O3S. The zero-order chi connectivity index (χ0) is 14.0. The van der Waals surface area contributed by atoms with Crippen LogP contribution in [0.4, 0.5) is 0 Å². The average Bonchev–Trinajstić information content (AvgIpc) is 2.56. The van der Waals surface area contributed by atoms with Crippen molar-refractivity contribution in [2.45, 2.75) is 19.9 Å². The summed E-state index contributed by atoms with van der Waals surface area (Å²) in [6, 6.07) is 3.80. The predicted octanol–water partition coefficient (Wildman–Crippen LogP) is 1.31. The standard InChI is InChI=1S/C12H15ClN2O3S/c1-9-2-3-14-11(4-9)7-15-6-10(5-12(15)16)8-19(13,17)18/h2-4,10H,5-8H2,1H3. The van der Waals surface area contributed by atoms with E-state index in [1.54, 1.807) is 11.1 Å². The fraction of sp³-hybridized carbons (Fsp3) is 0.500. The number of pyridine rings is 1. The molecule has 0 aromatic carbocycles. The molecule has 1 aliphatic rings. The minimum Gasteiger partial charge on any atom is -0.336 e. The normalized spacial score (nSPS) is 20.0. The maximum atomic E-state index is 11.8. The minimum atomic E-state index is -3.56. The quantitative estimate of drug-likeness (QED) is 0.786. The van der Waals surface area contributed by atoms with Gasteiger partial charge in [0.25, 0.3) is 0 Å². The van der Waals surface area contributed by atoms with Gasteiger partial charge in [-0.15, -0.1) is 0 Å². The lowest BCUT2D eigenvalue weighted by Crippen LogP contribution is -2.25. The second kappa shape index (κ2) is 5.46. The molecule has 0 spiro atoms. The van der Waals surface area contributed by atoms with E-state index in [4.69, 9.17) is 10.7 Å². The van der Waals surface area contributed by atoms with Crippen molar-refractivity contribution in [2.24, 2.45) is 5.92 Å². The van der Waals surface area contributed by atoms with Gasteiger partial charge in [-0.2, -0.15) is 0 Å². The average molecular weight is 303 g/mol. The molecule has 0 radical (unpaired) electrons. The summed E-state index contributed by atoms with van der Waals surface area (Å²) in [7, 11) is 1.66. The fourth-order valence-corrected chi connectivity index (χ4v) is 3.60. The summed E-state index contributed by atoms with van der Waals surface area (Å²) in [5.74, 6) is -0.425. The van der Waals surface area contributed by atoms with Crippen LogP contribution >= 0.6 is 10.7 Å². The highest BCUT2D eigenvalue weighted by atomic mass is 35.7. The van der Waals surface area contributed by atoms with E-state index >= 15 is 0 Å². The van der Waals surface area contributed by atoms with E-state index in [0.717, 1.165) is 11.3 Å². The molecule has 0 aliphatic carbocycles. The number of carbonyl (C=O) groups excluding carboxylic acids is 1. The Morgan fingerprint density at radius 2 is 2.26 bits per heavy atom. The molecule has 1 aromatic heterocycles. The Kier molecular flexibility index (Phi) is 4.10. The van der Waals surface area contributed by atoms with Gasteiger partial charge in [-0.25, -0.2) is 8.42 Å². The number of halogens is 1. The molecule has 1 saturated heterocycles. The van der Waals surface area contributed by atoms with Gasteiger partial charge in [-0.05, 0) is 24.6 Å². The molecular weight excluding hydrogens is 288 g/mol. The number of carbonyl (C=O) groups is 1. The summed E-state index contributed by atoms with van der Waals surface area (Å²) in [5.41, 5.74) is 1.89. The molecule has 0 bridgehead atoms.